The Labute approximate surface area is 199 Å². The summed E-state index contributed by atoms with van der Waals surface area (Å²) in [5.74, 6) is 0.767. The molecule has 0 aliphatic carbocycles. The molecule has 2 aliphatic heterocycles. The maximum atomic E-state index is 13.1. The first-order valence-electron chi connectivity index (χ1n) is 12.1. The minimum atomic E-state index is -4.48. The highest BCUT2D eigenvalue weighted by Gasteiger charge is 2.33. The van der Waals surface area contributed by atoms with Crippen LogP contribution < -0.4 is 11.1 Å². The highest BCUT2D eigenvalue weighted by Crippen LogP contribution is 2.35. The Bertz CT molecular complexity index is 950. The molecule has 2 fully saturated rings. The number of hydrogen-bond donors (Lipinski definition) is 2. The number of carbonyl (C=O) groups is 1. The zero-order valence-corrected chi connectivity index (χ0v) is 19.4. The maximum absolute atomic E-state index is 13.1. The van der Waals surface area contributed by atoms with Crippen molar-refractivity contribution in [2.75, 3.05) is 43.8 Å². The summed E-state index contributed by atoms with van der Waals surface area (Å²) in [5.41, 5.74) is 6.20. The van der Waals surface area contributed by atoms with Crippen LogP contribution in [0.3, 0.4) is 0 Å². The number of nitrogens with zero attached hydrogens (tertiary/aromatic N) is 2. The summed E-state index contributed by atoms with van der Waals surface area (Å²) in [6.45, 7) is 4.05. The number of piperidine rings is 2. The summed E-state index contributed by atoms with van der Waals surface area (Å²) >= 11 is 0. The first kappa shape index (κ1) is 24.4. The molecule has 0 saturated carbocycles. The van der Waals surface area contributed by atoms with Gasteiger partial charge in [0.1, 0.15) is 0 Å². The van der Waals surface area contributed by atoms with Crippen LogP contribution >= 0.6 is 0 Å². The zero-order chi connectivity index (χ0) is 24.1. The summed E-state index contributed by atoms with van der Waals surface area (Å²) in [6.07, 6.45) is -0.303. The van der Waals surface area contributed by atoms with Crippen LogP contribution in [0.1, 0.15) is 49.1 Å². The summed E-state index contributed by atoms with van der Waals surface area (Å²) in [6, 6.07) is 14.6. The van der Waals surface area contributed by atoms with E-state index in [1.165, 1.54) is 11.6 Å². The van der Waals surface area contributed by atoms with Gasteiger partial charge in [0, 0.05) is 43.5 Å². The van der Waals surface area contributed by atoms with Gasteiger partial charge in [0.2, 0.25) is 5.91 Å². The predicted octanol–water partition coefficient (Wildman–Crippen LogP) is 4.96. The topological polar surface area (TPSA) is 61.6 Å². The predicted molar refractivity (Wildman–Crippen MR) is 129 cm³/mol. The molecule has 2 aromatic rings. The zero-order valence-electron chi connectivity index (χ0n) is 19.4. The van der Waals surface area contributed by atoms with Gasteiger partial charge in [-0.15, -0.1) is 0 Å². The molecule has 4 rings (SSSR count). The third-order valence-corrected chi connectivity index (χ3v) is 7.08. The Kier molecular flexibility index (Phi) is 7.66. The molecule has 1 amide bonds. The minimum Gasteiger partial charge on any atom is -0.398 e. The van der Waals surface area contributed by atoms with Crippen LogP contribution in [-0.2, 0) is 11.0 Å². The van der Waals surface area contributed by atoms with Gasteiger partial charge < -0.3 is 20.9 Å². The molecule has 0 spiro atoms. The van der Waals surface area contributed by atoms with Crippen molar-refractivity contribution in [2.24, 2.45) is 0 Å². The van der Waals surface area contributed by atoms with Gasteiger partial charge in [-0.2, -0.15) is 13.2 Å². The molecule has 0 radical (unpaired) electrons. The average Bonchev–Trinajstić information content (AvgIpc) is 2.84. The van der Waals surface area contributed by atoms with E-state index in [0.717, 1.165) is 38.5 Å². The number of nitrogens with one attached hydrogen (secondary N) is 1. The average molecular weight is 475 g/mol. The quantitative estimate of drug-likeness (QED) is 0.581. The van der Waals surface area contributed by atoms with Crippen LogP contribution in [0, 0.1) is 0 Å². The third-order valence-electron chi connectivity index (χ3n) is 7.08. The number of likely N-dealkylation sites (tertiary alicyclic amines) is 2. The van der Waals surface area contributed by atoms with Crippen molar-refractivity contribution in [1.82, 2.24) is 9.80 Å². The molecule has 3 N–H and O–H groups in total. The van der Waals surface area contributed by atoms with Crippen LogP contribution in [0.5, 0.6) is 0 Å². The summed E-state index contributed by atoms with van der Waals surface area (Å²) in [5, 5.41) is 3.18. The second-order valence-corrected chi connectivity index (χ2v) is 9.38. The number of amides is 1. The molecule has 2 heterocycles. The number of benzene rings is 2. The second-order valence-electron chi connectivity index (χ2n) is 9.38. The van der Waals surface area contributed by atoms with Crippen LogP contribution in [0.2, 0.25) is 0 Å². The molecule has 2 aromatic carbocycles. The lowest BCUT2D eigenvalue weighted by molar-refractivity contribution is -0.137. The lowest BCUT2D eigenvalue weighted by atomic mass is 9.89. The van der Waals surface area contributed by atoms with Gasteiger partial charge in [0.05, 0.1) is 5.56 Å². The number of anilines is 2. The molecule has 2 aliphatic rings. The van der Waals surface area contributed by atoms with Gasteiger partial charge in [-0.05, 0) is 68.5 Å². The van der Waals surface area contributed by atoms with E-state index in [-0.39, 0.29) is 17.6 Å². The Morgan fingerprint density at radius 1 is 0.971 bits per heavy atom. The van der Waals surface area contributed by atoms with Crippen molar-refractivity contribution in [1.29, 1.82) is 0 Å². The fourth-order valence-corrected chi connectivity index (χ4v) is 5.03. The van der Waals surface area contributed by atoms with Crippen molar-refractivity contribution in [3.63, 3.8) is 0 Å². The SMILES string of the molecule is Nc1ccc(NC2CCN(C(=O)CCN3CCC(c4ccccc4)CC3)CC2)cc1C(F)(F)F. The first-order valence-corrected chi connectivity index (χ1v) is 12.1. The molecule has 0 bridgehead atoms. The van der Waals surface area contributed by atoms with E-state index in [0.29, 0.717) is 44.0 Å². The van der Waals surface area contributed by atoms with Crippen LogP contribution in [-0.4, -0.2) is 54.5 Å². The molecule has 0 unspecified atom stereocenters. The van der Waals surface area contributed by atoms with Crippen LogP contribution in [0.15, 0.2) is 48.5 Å². The van der Waals surface area contributed by atoms with Gasteiger partial charge in [-0.1, -0.05) is 30.3 Å². The molecule has 0 aromatic heterocycles. The fraction of sp³-hybridized carbons (Fsp3) is 0.500. The van der Waals surface area contributed by atoms with Gasteiger partial charge in [0.15, 0.2) is 0 Å². The first-order chi connectivity index (χ1) is 16.3. The Balaban J connectivity index is 1.18. The van der Waals surface area contributed by atoms with Gasteiger partial charge in [-0.3, -0.25) is 4.79 Å². The number of halogens is 3. The van der Waals surface area contributed by atoms with E-state index in [9.17, 15) is 18.0 Å². The lowest BCUT2D eigenvalue weighted by Gasteiger charge is -2.35. The lowest BCUT2D eigenvalue weighted by Crippen LogP contribution is -2.43. The van der Waals surface area contributed by atoms with Gasteiger partial charge >= 0.3 is 6.18 Å². The largest absolute Gasteiger partial charge is 0.418 e. The van der Waals surface area contributed by atoms with E-state index in [1.54, 1.807) is 6.07 Å². The van der Waals surface area contributed by atoms with Crippen LogP contribution in [0.25, 0.3) is 0 Å². The number of carbonyl (C=O) groups excluding carboxylic acids is 1. The molecule has 8 heteroatoms. The number of hydrogen-bond acceptors (Lipinski definition) is 4. The fourth-order valence-electron chi connectivity index (χ4n) is 5.03. The Morgan fingerprint density at radius 3 is 2.29 bits per heavy atom. The Morgan fingerprint density at radius 2 is 1.65 bits per heavy atom. The molecular formula is C26H33F3N4O. The normalized spacial score (nSPS) is 18.7. The third kappa shape index (κ3) is 6.23. The summed E-state index contributed by atoms with van der Waals surface area (Å²) in [4.78, 5) is 17.0. The van der Waals surface area contributed by atoms with Gasteiger partial charge in [-0.25, -0.2) is 0 Å². The molecular weight excluding hydrogens is 441 g/mol. The molecule has 184 valence electrons. The monoisotopic (exact) mass is 474 g/mol. The Hall–Kier alpha value is -2.74. The number of nitrogen functional groups attached to an aromatic ring is 1. The van der Waals surface area contributed by atoms with E-state index < -0.39 is 11.7 Å². The van der Waals surface area contributed by atoms with E-state index in [1.807, 2.05) is 11.0 Å². The van der Waals surface area contributed by atoms with E-state index >= 15 is 0 Å². The van der Waals surface area contributed by atoms with Crippen molar-refractivity contribution in [3.8, 4) is 0 Å². The second kappa shape index (κ2) is 10.7. The van der Waals surface area contributed by atoms with Crippen molar-refractivity contribution < 1.29 is 18.0 Å². The smallest absolute Gasteiger partial charge is 0.398 e. The van der Waals surface area contributed by atoms with E-state index in [4.69, 9.17) is 5.73 Å². The molecule has 0 atom stereocenters. The molecule has 5 nitrogen and oxygen atoms in total. The van der Waals surface area contributed by atoms with Crippen molar-refractivity contribution >= 4 is 17.3 Å². The standard InChI is InChI=1S/C26H33F3N4O/c27-26(28,29)23-18-22(6-7-24(23)30)31-21-10-16-33(17-11-21)25(34)12-15-32-13-8-20(9-14-32)19-4-2-1-3-5-19/h1-7,18,20-21,31H,8-17,30H2. The van der Waals surface area contributed by atoms with Crippen molar-refractivity contribution in [2.45, 2.75) is 50.2 Å². The maximum Gasteiger partial charge on any atom is 0.418 e. The minimum absolute atomic E-state index is 0.0331. The number of alkyl halides is 3. The van der Waals surface area contributed by atoms with Gasteiger partial charge in [0.25, 0.3) is 0 Å². The highest BCUT2D eigenvalue weighted by atomic mass is 19.4. The van der Waals surface area contributed by atoms with Crippen LogP contribution in [0.4, 0.5) is 24.5 Å². The summed E-state index contributed by atoms with van der Waals surface area (Å²) in [7, 11) is 0. The number of nitrogens with two attached hydrogens (primary N) is 1. The van der Waals surface area contributed by atoms with E-state index in [2.05, 4.69) is 34.5 Å². The van der Waals surface area contributed by atoms with Crippen molar-refractivity contribution in [3.05, 3.63) is 59.7 Å². The number of rotatable bonds is 6. The molecule has 34 heavy (non-hydrogen) atoms. The highest BCUT2D eigenvalue weighted by molar-refractivity contribution is 5.76. The molecule has 2 saturated heterocycles. The summed E-state index contributed by atoms with van der Waals surface area (Å²) < 4.78 is 39.3.